The molecule has 0 N–H and O–H groups in total. The van der Waals surface area contributed by atoms with Crippen LogP contribution in [0.2, 0.25) is 0 Å². The minimum Gasteiger partial charge on any atom is -0.370 e. The molecule has 1 saturated heterocycles. The lowest BCUT2D eigenvalue weighted by Gasteiger charge is -2.43. The molecule has 0 saturated carbocycles. The van der Waals surface area contributed by atoms with Gasteiger partial charge in [0, 0.05) is 0 Å². The lowest BCUT2D eigenvalue weighted by atomic mass is 9.91. The van der Waals surface area contributed by atoms with Crippen LogP contribution in [0.1, 0.15) is 53.4 Å². The highest BCUT2D eigenvalue weighted by molar-refractivity contribution is 4.87. The Balaban J connectivity index is 2.54. The highest BCUT2D eigenvalue weighted by Gasteiger charge is 2.38. The van der Waals surface area contributed by atoms with Gasteiger partial charge in [-0.05, 0) is 26.7 Å². The maximum Gasteiger partial charge on any atom is 0.0916 e. The molecule has 1 aliphatic rings. The normalized spacial score (nSPS) is 24.9. The van der Waals surface area contributed by atoms with Gasteiger partial charge in [-0.3, -0.25) is 0 Å². The lowest BCUT2D eigenvalue weighted by Crippen LogP contribution is -2.50. The molecular weight excluding hydrogens is 176 g/mol. The molecule has 0 aromatic rings. The third-order valence-electron chi connectivity index (χ3n) is 2.86. The van der Waals surface area contributed by atoms with Gasteiger partial charge in [0.15, 0.2) is 0 Å². The zero-order chi connectivity index (χ0) is 10.7. The van der Waals surface area contributed by atoms with Crippen LogP contribution in [0.4, 0.5) is 0 Å². The first-order valence-corrected chi connectivity index (χ1v) is 5.81. The summed E-state index contributed by atoms with van der Waals surface area (Å²) in [4.78, 5) is 0. The minimum atomic E-state index is -0.0923. The fourth-order valence-corrected chi connectivity index (χ4v) is 2.06. The van der Waals surface area contributed by atoms with E-state index in [4.69, 9.17) is 9.47 Å². The number of hydrogen-bond donors (Lipinski definition) is 0. The first-order chi connectivity index (χ1) is 6.54. The quantitative estimate of drug-likeness (QED) is 0.694. The Hall–Kier alpha value is -0.0800. The molecular formula is C12H24O2. The summed E-state index contributed by atoms with van der Waals surface area (Å²) in [5.41, 5.74) is -0.0794. The monoisotopic (exact) mass is 200 g/mol. The van der Waals surface area contributed by atoms with E-state index in [0.717, 1.165) is 26.1 Å². The van der Waals surface area contributed by atoms with Crippen LogP contribution in [0.25, 0.3) is 0 Å². The van der Waals surface area contributed by atoms with Crippen LogP contribution in [-0.2, 0) is 9.47 Å². The van der Waals surface area contributed by atoms with E-state index < -0.39 is 0 Å². The van der Waals surface area contributed by atoms with E-state index >= 15 is 0 Å². The van der Waals surface area contributed by atoms with Gasteiger partial charge in [-0.1, -0.05) is 26.7 Å². The molecule has 2 heteroatoms. The molecule has 1 heterocycles. The Morgan fingerprint density at radius 3 is 1.86 bits per heavy atom. The first-order valence-electron chi connectivity index (χ1n) is 5.81. The zero-order valence-corrected chi connectivity index (χ0v) is 10.1. The standard InChI is InChI=1S/C12H24O2/c1-5-7-12(8-6-2)10-13-11(3,4)9-14-12/h5-10H2,1-4H3. The van der Waals surface area contributed by atoms with Crippen LogP contribution in [0.15, 0.2) is 0 Å². The maximum absolute atomic E-state index is 6.04. The summed E-state index contributed by atoms with van der Waals surface area (Å²) < 4.78 is 11.9. The van der Waals surface area contributed by atoms with Crippen LogP contribution in [0, 0.1) is 0 Å². The van der Waals surface area contributed by atoms with Crippen LogP contribution >= 0.6 is 0 Å². The molecule has 0 amide bonds. The summed E-state index contributed by atoms with van der Waals surface area (Å²) >= 11 is 0. The third kappa shape index (κ3) is 2.96. The van der Waals surface area contributed by atoms with Crippen LogP contribution in [0.3, 0.4) is 0 Å². The van der Waals surface area contributed by atoms with Gasteiger partial charge >= 0.3 is 0 Å². The average Bonchev–Trinajstić information content (AvgIpc) is 2.12. The van der Waals surface area contributed by atoms with Gasteiger partial charge in [0.1, 0.15) is 0 Å². The van der Waals surface area contributed by atoms with Gasteiger partial charge in [0.2, 0.25) is 0 Å². The lowest BCUT2D eigenvalue weighted by molar-refractivity contribution is -0.228. The van der Waals surface area contributed by atoms with E-state index in [-0.39, 0.29) is 11.2 Å². The first kappa shape index (κ1) is 12.0. The summed E-state index contributed by atoms with van der Waals surface area (Å²) in [6.45, 7) is 10.1. The molecule has 0 aliphatic carbocycles. The predicted molar refractivity (Wildman–Crippen MR) is 58.5 cm³/mol. The molecule has 14 heavy (non-hydrogen) atoms. The molecule has 1 aliphatic heterocycles. The fourth-order valence-electron chi connectivity index (χ4n) is 2.06. The zero-order valence-electron chi connectivity index (χ0n) is 10.1. The van der Waals surface area contributed by atoms with E-state index in [2.05, 4.69) is 27.7 Å². The second kappa shape index (κ2) is 4.63. The number of ether oxygens (including phenoxy) is 2. The summed E-state index contributed by atoms with van der Waals surface area (Å²) in [6, 6.07) is 0. The predicted octanol–water partition coefficient (Wildman–Crippen LogP) is 3.15. The van der Waals surface area contributed by atoms with E-state index in [0.29, 0.717) is 0 Å². The van der Waals surface area contributed by atoms with E-state index in [1.165, 1.54) is 12.8 Å². The molecule has 2 nitrogen and oxygen atoms in total. The van der Waals surface area contributed by atoms with Crippen molar-refractivity contribution < 1.29 is 9.47 Å². The van der Waals surface area contributed by atoms with E-state index in [1.54, 1.807) is 0 Å². The Morgan fingerprint density at radius 1 is 0.929 bits per heavy atom. The highest BCUT2D eigenvalue weighted by Crippen LogP contribution is 2.32. The molecule has 0 spiro atoms. The second-order valence-electron chi connectivity index (χ2n) is 5.02. The molecule has 0 atom stereocenters. The van der Waals surface area contributed by atoms with Gasteiger partial charge in [-0.2, -0.15) is 0 Å². The van der Waals surface area contributed by atoms with Gasteiger partial charge in [-0.15, -0.1) is 0 Å². The maximum atomic E-state index is 6.04. The Labute approximate surface area is 88.0 Å². The molecule has 0 unspecified atom stereocenters. The minimum absolute atomic E-state index is 0.0129. The van der Waals surface area contributed by atoms with E-state index in [9.17, 15) is 0 Å². The third-order valence-corrected chi connectivity index (χ3v) is 2.86. The summed E-state index contributed by atoms with van der Waals surface area (Å²) in [5, 5.41) is 0. The van der Waals surface area contributed by atoms with Crippen LogP contribution in [0.5, 0.6) is 0 Å². The molecule has 0 bridgehead atoms. The average molecular weight is 200 g/mol. The highest BCUT2D eigenvalue weighted by atomic mass is 16.6. The van der Waals surface area contributed by atoms with Gasteiger partial charge < -0.3 is 9.47 Å². The number of rotatable bonds is 4. The smallest absolute Gasteiger partial charge is 0.0916 e. The Bertz CT molecular complexity index is 157. The van der Waals surface area contributed by atoms with Gasteiger partial charge in [-0.25, -0.2) is 0 Å². The fraction of sp³-hybridized carbons (Fsp3) is 1.00. The summed E-state index contributed by atoms with van der Waals surface area (Å²) in [7, 11) is 0. The van der Waals surface area contributed by atoms with E-state index in [1.807, 2.05) is 0 Å². The summed E-state index contributed by atoms with van der Waals surface area (Å²) in [5.74, 6) is 0. The molecule has 0 radical (unpaired) electrons. The van der Waals surface area contributed by atoms with Gasteiger partial charge in [0.25, 0.3) is 0 Å². The summed E-state index contributed by atoms with van der Waals surface area (Å²) in [6.07, 6.45) is 4.58. The van der Waals surface area contributed by atoms with Crippen molar-refractivity contribution >= 4 is 0 Å². The van der Waals surface area contributed by atoms with Crippen molar-refractivity contribution in [3.05, 3.63) is 0 Å². The molecule has 84 valence electrons. The van der Waals surface area contributed by atoms with Crippen molar-refractivity contribution in [1.29, 1.82) is 0 Å². The molecule has 0 aromatic carbocycles. The molecule has 1 fully saturated rings. The molecule has 1 rings (SSSR count). The van der Waals surface area contributed by atoms with Crippen LogP contribution < -0.4 is 0 Å². The van der Waals surface area contributed by atoms with Crippen molar-refractivity contribution in [3.8, 4) is 0 Å². The number of hydrogen-bond acceptors (Lipinski definition) is 2. The van der Waals surface area contributed by atoms with Crippen molar-refractivity contribution in [3.63, 3.8) is 0 Å². The van der Waals surface area contributed by atoms with Crippen molar-refractivity contribution in [1.82, 2.24) is 0 Å². The SMILES string of the molecule is CCCC1(CCC)COC(C)(C)CO1. The second-order valence-corrected chi connectivity index (χ2v) is 5.02. The molecule has 0 aromatic heterocycles. The largest absolute Gasteiger partial charge is 0.370 e. The Morgan fingerprint density at radius 2 is 1.50 bits per heavy atom. The van der Waals surface area contributed by atoms with Crippen molar-refractivity contribution in [2.24, 2.45) is 0 Å². The Kier molecular flexibility index (Phi) is 3.96. The van der Waals surface area contributed by atoms with Gasteiger partial charge in [0.05, 0.1) is 24.4 Å². The van der Waals surface area contributed by atoms with Crippen molar-refractivity contribution in [2.75, 3.05) is 13.2 Å². The van der Waals surface area contributed by atoms with Crippen molar-refractivity contribution in [2.45, 2.75) is 64.6 Å². The van der Waals surface area contributed by atoms with Crippen LogP contribution in [-0.4, -0.2) is 24.4 Å². The topological polar surface area (TPSA) is 18.5 Å².